The molecule has 1 atom stereocenters. The average Bonchev–Trinajstić information content (AvgIpc) is 2.48. The quantitative estimate of drug-likeness (QED) is 0.525. The Labute approximate surface area is 141 Å². The van der Waals surface area contributed by atoms with Crippen molar-refractivity contribution in [2.45, 2.75) is 60.4 Å². The Hall–Kier alpha value is -0.780. The lowest BCUT2D eigenvalue weighted by Crippen LogP contribution is -2.46. The van der Waals surface area contributed by atoms with Crippen molar-refractivity contribution in [3.63, 3.8) is 0 Å². The molecule has 0 aromatic carbocycles. The van der Waals surface area contributed by atoms with Crippen molar-refractivity contribution in [1.29, 1.82) is 0 Å². The molecule has 0 aliphatic carbocycles. The van der Waals surface area contributed by atoms with Crippen molar-refractivity contribution in [3.05, 3.63) is 0 Å². The van der Waals surface area contributed by atoms with Crippen LogP contribution in [0.2, 0.25) is 0 Å². The van der Waals surface area contributed by atoms with Crippen LogP contribution in [0.4, 0.5) is 0 Å². The van der Waals surface area contributed by atoms with Crippen LogP contribution in [0.1, 0.15) is 54.4 Å². The van der Waals surface area contributed by atoms with E-state index in [1.807, 2.05) is 27.7 Å². The molecule has 1 unspecified atom stereocenters. The number of nitrogens with two attached hydrogens (primary N) is 1. The van der Waals surface area contributed by atoms with Crippen molar-refractivity contribution in [1.82, 2.24) is 0 Å². The standard InChI is InChI=1S/C18H35NO4/c1-13(2)16(21)12-23-11-10-22-9-7-8-15(20)17(19)18(5,6)14(3)4/h13-14,17H,7-12,19H2,1-6H3. The van der Waals surface area contributed by atoms with Crippen LogP contribution in [0.15, 0.2) is 0 Å². The van der Waals surface area contributed by atoms with Crippen LogP contribution in [0.5, 0.6) is 0 Å². The highest BCUT2D eigenvalue weighted by Gasteiger charge is 2.34. The van der Waals surface area contributed by atoms with Crippen LogP contribution in [0.3, 0.4) is 0 Å². The van der Waals surface area contributed by atoms with Gasteiger partial charge in [0.1, 0.15) is 12.4 Å². The monoisotopic (exact) mass is 329 g/mol. The zero-order valence-corrected chi connectivity index (χ0v) is 15.7. The molecule has 0 radical (unpaired) electrons. The Morgan fingerprint density at radius 3 is 2.04 bits per heavy atom. The maximum Gasteiger partial charge on any atom is 0.160 e. The molecule has 0 bridgehead atoms. The van der Waals surface area contributed by atoms with Gasteiger partial charge in [-0.15, -0.1) is 0 Å². The minimum atomic E-state index is -0.437. The highest BCUT2D eigenvalue weighted by molar-refractivity contribution is 5.84. The lowest BCUT2D eigenvalue weighted by Gasteiger charge is -2.34. The van der Waals surface area contributed by atoms with Gasteiger partial charge in [-0.2, -0.15) is 0 Å². The highest BCUT2D eigenvalue weighted by Crippen LogP contribution is 2.30. The Balaban J connectivity index is 3.73. The first-order valence-electron chi connectivity index (χ1n) is 8.57. The fourth-order valence-electron chi connectivity index (χ4n) is 1.84. The van der Waals surface area contributed by atoms with Gasteiger partial charge in [-0.05, 0) is 17.8 Å². The summed E-state index contributed by atoms with van der Waals surface area (Å²) in [4.78, 5) is 23.5. The van der Waals surface area contributed by atoms with E-state index in [1.54, 1.807) is 0 Å². The molecule has 0 saturated heterocycles. The van der Waals surface area contributed by atoms with Crippen LogP contribution >= 0.6 is 0 Å². The van der Waals surface area contributed by atoms with E-state index in [1.165, 1.54) is 0 Å². The van der Waals surface area contributed by atoms with Gasteiger partial charge >= 0.3 is 0 Å². The smallest absolute Gasteiger partial charge is 0.160 e. The van der Waals surface area contributed by atoms with Gasteiger partial charge in [0.05, 0.1) is 19.3 Å². The van der Waals surface area contributed by atoms with Crippen molar-refractivity contribution >= 4 is 11.6 Å². The molecule has 5 heteroatoms. The maximum absolute atomic E-state index is 12.1. The summed E-state index contributed by atoms with van der Waals surface area (Å²) in [5.41, 5.74) is 5.89. The second-order valence-corrected chi connectivity index (χ2v) is 7.31. The molecule has 0 aliphatic heterocycles. The van der Waals surface area contributed by atoms with E-state index in [0.29, 0.717) is 38.6 Å². The Morgan fingerprint density at radius 1 is 0.957 bits per heavy atom. The molecule has 0 spiro atoms. The predicted octanol–water partition coefficient (Wildman–Crippen LogP) is 2.60. The summed E-state index contributed by atoms with van der Waals surface area (Å²) in [7, 11) is 0. The predicted molar refractivity (Wildman–Crippen MR) is 92.3 cm³/mol. The second-order valence-electron chi connectivity index (χ2n) is 7.31. The number of Topliss-reactive ketones (excluding diaryl/α,β-unsaturated/α-hetero) is 2. The largest absolute Gasteiger partial charge is 0.379 e. The molecule has 23 heavy (non-hydrogen) atoms. The molecule has 0 aliphatic rings. The minimum absolute atomic E-state index is 0.00114. The number of hydrogen-bond acceptors (Lipinski definition) is 5. The molecule has 0 fully saturated rings. The average molecular weight is 329 g/mol. The Morgan fingerprint density at radius 2 is 1.52 bits per heavy atom. The first kappa shape index (κ1) is 22.2. The summed E-state index contributed by atoms with van der Waals surface area (Å²) in [6.45, 7) is 13.4. The summed E-state index contributed by atoms with van der Waals surface area (Å²) < 4.78 is 10.6. The van der Waals surface area contributed by atoms with Gasteiger partial charge in [-0.1, -0.05) is 41.5 Å². The maximum atomic E-state index is 12.1. The molecule has 0 heterocycles. The number of carbonyl (C=O) groups is 2. The summed E-state index contributed by atoms with van der Waals surface area (Å²) in [6.07, 6.45) is 1.09. The van der Waals surface area contributed by atoms with E-state index in [2.05, 4.69) is 13.8 Å². The van der Waals surface area contributed by atoms with Gasteiger partial charge in [-0.25, -0.2) is 0 Å². The van der Waals surface area contributed by atoms with Gasteiger partial charge in [0.25, 0.3) is 0 Å². The first-order chi connectivity index (χ1) is 10.6. The van der Waals surface area contributed by atoms with Crippen LogP contribution in [-0.4, -0.2) is 44.0 Å². The molecule has 5 nitrogen and oxygen atoms in total. The number of ether oxygens (including phenoxy) is 2. The Kier molecular flexibility index (Phi) is 10.5. The lowest BCUT2D eigenvalue weighted by molar-refractivity contribution is -0.127. The minimum Gasteiger partial charge on any atom is -0.379 e. The third-order valence-electron chi connectivity index (χ3n) is 4.61. The molecule has 0 aromatic rings. The van der Waals surface area contributed by atoms with E-state index in [9.17, 15) is 9.59 Å². The van der Waals surface area contributed by atoms with Gasteiger partial charge < -0.3 is 15.2 Å². The van der Waals surface area contributed by atoms with Gasteiger partial charge in [0, 0.05) is 18.9 Å². The summed E-state index contributed by atoms with van der Waals surface area (Å²) >= 11 is 0. The van der Waals surface area contributed by atoms with Gasteiger partial charge in [0.15, 0.2) is 5.78 Å². The molecular formula is C18H35NO4. The normalized spacial score (nSPS) is 13.6. The molecule has 2 N–H and O–H groups in total. The van der Waals surface area contributed by atoms with Crippen molar-refractivity contribution < 1.29 is 19.1 Å². The van der Waals surface area contributed by atoms with Crippen molar-refractivity contribution in [3.8, 4) is 0 Å². The van der Waals surface area contributed by atoms with E-state index < -0.39 is 6.04 Å². The fourth-order valence-corrected chi connectivity index (χ4v) is 1.84. The van der Waals surface area contributed by atoms with Crippen LogP contribution in [0, 0.1) is 17.3 Å². The second kappa shape index (κ2) is 10.9. The zero-order valence-electron chi connectivity index (χ0n) is 15.7. The summed E-state index contributed by atoms with van der Waals surface area (Å²) in [5.74, 6) is 0.535. The number of ketones is 2. The molecule has 0 saturated carbocycles. The van der Waals surface area contributed by atoms with Gasteiger partial charge in [0.2, 0.25) is 0 Å². The van der Waals surface area contributed by atoms with Gasteiger partial charge in [-0.3, -0.25) is 9.59 Å². The molecule has 0 amide bonds. The van der Waals surface area contributed by atoms with Crippen molar-refractivity contribution in [2.75, 3.05) is 26.4 Å². The van der Waals surface area contributed by atoms with E-state index in [0.717, 1.165) is 0 Å². The number of carbonyl (C=O) groups excluding carboxylic acids is 2. The van der Waals surface area contributed by atoms with Crippen molar-refractivity contribution in [2.24, 2.45) is 23.0 Å². The van der Waals surface area contributed by atoms with E-state index in [-0.39, 0.29) is 29.5 Å². The van der Waals surface area contributed by atoms with Crippen LogP contribution < -0.4 is 5.73 Å². The third-order valence-corrected chi connectivity index (χ3v) is 4.61. The summed E-state index contributed by atoms with van der Waals surface area (Å²) in [5, 5.41) is 0. The number of rotatable bonds is 13. The third kappa shape index (κ3) is 8.58. The fraction of sp³-hybridized carbons (Fsp3) is 0.889. The lowest BCUT2D eigenvalue weighted by atomic mass is 9.73. The first-order valence-corrected chi connectivity index (χ1v) is 8.57. The molecule has 136 valence electrons. The zero-order chi connectivity index (χ0) is 18.0. The van der Waals surface area contributed by atoms with Crippen LogP contribution in [0.25, 0.3) is 0 Å². The highest BCUT2D eigenvalue weighted by atomic mass is 16.5. The van der Waals surface area contributed by atoms with Crippen LogP contribution in [-0.2, 0) is 19.1 Å². The summed E-state index contributed by atoms with van der Waals surface area (Å²) in [6, 6.07) is -0.437. The molecular weight excluding hydrogens is 294 g/mol. The number of hydrogen-bond donors (Lipinski definition) is 1. The van der Waals surface area contributed by atoms with E-state index >= 15 is 0 Å². The topological polar surface area (TPSA) is 78.6 Å². The SMILES string of the molecule is CC(C)C(=O)COCCOCCCC(=O)C(N)C(C)(C)C(C)C. The van der Waals surface area contributed by atoms with E-state index in [4.69, 9.17) is 15.2 Å². The Bertz CT molecular complexity index is 364. The molecule has 0 aromatic heterocycles. The molecule has 0 rings (SSSR count).